The number of ether oxygens (including phenoxy) is 2. The molecule has 0 amide bonds. The molecule has 0 atom stereocenters. The standard InChI is InChI=1S/C35H26F2N3O3P/c1-23-13-9-11-19-29(23)44(41,30-20-12-10-14-24(30)2)32-28(36)22-21-27(31(32)37)33-38-34(42-25-15-5-3-6-16-25)40-35(39-33)43-26-17-7-4-8-18-26/h3-22H,1-2H3. The van der Waals surface area contributed by atoms with Gasteiger partial charge in [0.15, 0.2) is 13.0 Å². The smallest absolute Gasteiger partial charge is 0.328 e. The Morgan fingerprint density at radius 2 is 1.02 bits per heavy atom. The van der Waals surface area contributed by atoms with E-state index in [0.717, 1.165) is 6.07 Å². The average molecular weight is 606 g/mol. The highest BCUT2D eigenvalue weighted by atomic mass is 31.2. The van der Waals surface area contributed by atoms with Crippen LogP contribution >= 0.6 is 7.14 Å². The average Bonchev–Trinajstić information content (AvgIpc) is 3.02. The van der Waals surface area contributed by atoms with Crippen molar-refractivity contribution in [3.63, 3.8) is 0 Å². The topological polar surface area (TPSA) is 74.2 Å². The first-order chi connectivity index (χ1) is 21.3. The quantitative estimate of drug-likeness (QED) is 0.166. The minimum Gasteiger partial charge on any atom is -0.424 e. The molecule has 0 radical (unpaired) electrons. The zero-order valence-corrected chi connectivity index (χ0v) is 24.7. The summed E-state index contributed by atoms with van der Waals surface area (Å²) in [7, 11) is -4.09. The van der Waals surface area contributed by atoms with Crippen LogP contribution in [0.25, 0.3) is 11.4 Å². The van der Waals surface area contributed by atoms with Crippen molar-refractivity contribution in [2.24, 2.45) is 0 Å². The van der Waals surface area contributed by atoms with E-state index in [-0.39, 0.29) is 23.4 Å². The molecule has 6 aromatic rings. The lowest BCUT2D eigenvalue weighted by atomic mass is 10.2. The molecule has 6 nitrogen and oxygen atoms in total. The summed E-state index contributed by atoms with van der Waals surface area (Å²) < 4.78 is 59.8. The molecular formula is C35H26F2N3O3P. The van der Waals surface area contributed by atoms with Gasteiger partial charge in [-0.2, -0.15) is 9.97 Å². The number of aromatic nitrogens is 3. The summed E-state index contributed by atoms with van der Waals surface area (Å²) in [5.74, 6) is -1.32. The van der Waals surface area contributed by atoms with Gasteiger partial charge in [-0.25, -0.2) is 8.78 Å². The van der Waals surface area contributed by atoms with Gasteiger partial charge < -0.3 is 14.0 Å². The van der Waals surface area contributed by atoms with Gasteiger partial charge in [-0.15, -0.1) is 4.98 Å². The Morgan fingerprint density at radius 1 is 0.568 bits per heavy atom. The molecule has 0 saturated heterocycles. The third kappa shape index (κ3) is 5.60. The summed E-state index contributed by atoms with van der Waals surface area (Å²) in [5, 5.41) is 0.109. The van der Waals surface area contributed by atoms with E-state index in [1.54, 1.807) is 111 Å². The molecule has 1 aromatic heterocycles. The number of para-hydroxylation sites is 2. The second kappa shape index (κ2) is 12.2. The fourth-order valence-corrected chi connectivity index (χ4v) is 8.19. The van der Waals surface area contributed by atoms with E-state index in [9.17, 15) is 0 Å². The van der Waals surface area contributed by atoms with Crippen LogP contribution in [-0.4, -0.2) is 15.0 Å². The van der Waals surface area contributed by atoms with Gasteiger partial charge in [0, 0.05) is 10.6 Å². The van der Waals surface area contributed by atoms with Gasteiger partial charge in [-0.05, 0) is 61.4 Å². The molecule has 1 heterocycles. The van der Waals surface area contributed by atoms with Crippen molar-refractivity contribution in [3.05, 3.63) is 144 Å². The summed E-state index contributed by atoms with van der Waals surface area (Å²) in [4.78, 5) is 13.0. The molecule has 218 valence electrons. The molecule has 0 saturated carbocycles. The van der Waals surface area contributed by atoms with Gasteiger partial charge in [0.1, 0.15) is 23.1 Å². The van der Waals surface area contributed by atoms with Crippen LogP contribution in [-0.2, 0) is 4.57 Å². The molecule has 0 aliphatic heterocycles. The van der Waals surface area contributed by atoms with Crippen molar-refractivity contribution >= 4 is 23.1 Å². The summed E-state index contributed by atoms with van der Waals surface area (Å²) in [6, 6.07) is 33.4. The number of nitrogens with zero attached hydrogens (tertiary/aromatic N) is 3. The monoisotopic (exact) mass is 605 g/mol. The fourth-order valence-electron chi connectivity index (χ4n) is 4.94. The first kappa shape index (κ1) is 28.9. The Bertz CT molecular complexity index is 1900. The Hall–Kier alpha value is -5.20. The Kier molecular flexibility index (Phi) is 8.01. The summed E-state index contributed by atoms with van der Waals surface area (Å²) >= 11 is 0. The molecule has 0 aliphatic carbocycles. The van der Waals surface area contributed by atoms with E-state index in [4.69, 9.17) is 9.47 Å². The Morgan fingerprint density at radius 3 is 1.50 bits per heavy atom. The lowest BCUT2D eigenvalue weighted by Gasteiger charge is -2.24. The van der Waals surface area contributed by atoms with Crippen LogP contribution in [0.1, 0.15) is 11.1 Å². The fraction of sp³-hybridized carbons (Fsp3) is 0.0571. The maximum absolute atomic E-state index is 16.9. The largest absolute Gasteiger partial charge is 0.424 e. The van der Waals surface area contributed by atoms with Gasteiger partial charge in [0.05, 0.1) is 10.9 Å². The summed E-state index contributed by atoms with van der Waals surface area (Å²) in [6.07, 6.45) is 0. The van der Waals surface area contributed by atoms with Crippen LogP contribution in [0.5, 0.6) is 23.5 Å². The Balaban J connectivity index is 1.57. The highest BCUT2D eigenvalue weighted by molar-refractivity contribution is 7.85. The summed E-state index contributed by atoms with van der Waals surface area (Å²) in [6.45, 7) is 3.54. The maximum Gasteiger partial charge on any atom is 0.328 e. The van der Waals surface area contributed by atoms with Gasteiger partial charge in [0.25, 0.3) is 0 Å². The molecular weight excluding hydrogens is 579 g/mol. The van der Waals surface area contributed by atoms with E-state index < -0.39 is 24.1 Å². The van der Waals surface area contributed by atoms with E-state index in [1.807, 2.05) is 12.1 Å². The van der Waals surface area contributed by atoms with Crippen LogP contribution in [0, 0.1) is 25.5 Å². The minimum atomic E-state index is -4.09. The van der Waals surface area contributed by atoms with Crippen LogP contribution in [0.4, 0.5) is 8.78 Å². The van der Waals surface area contributed by atoms with E-state index in [0.29, 0.717) is 33.2 Å². The molecule has 0 aliphatic rings. The van der Waals surface area contributed by atoms with Crippen molar-refractivity contribution < 1.29 is 22.8 Å². The molecule has 0 unspecified atom stereocenters. The maximum atomic E-state index is 16.9. The summed E-state index contributed by atoms with van der Waals surface area (Å²) in [5.41, 5.74) is 1.09. The molecule has 6 rings (SSSR count). The minimum absolute atomic E-state index is 0.168. The van der Waals surface area contributed by atoms with Crippen LogP contribution in [0.3, 0.4) is 0 Å². The lowest BCUT2D eigenvalue weighted by molar-refractivity contribution is 0.398. The molecule has 5 aromatic carbocycles. The second-order valence-electron chi connectivity index (χ2n) is 9.99. The van der Waals surface area contributed by atoms with Crippen LogP contribution in [0.15, 0.2) is 121 Å². The van der Waals surface area contributed by atoms with E-state index in [2.05, 4.69) is 15.0 Å². The van der Waals surface area contributed by atoms with E-state index in [1.165, 1.54) is 6.07 Å². The van der Waals surface area contributed by atoms with Gasteiger partial charge in [-0.1, -0.05) is 84.9 Å². The second-order valence-corrected chi connectivity index (χ2v) is 12.6. The number of benzene rings is 5. The molecule has 9 heteroatoms. The van der Waals surface area contributed by atoms with Crippen molar-refractivity contribution in [3.8, 4) is 34.9 Å². The molecule has 0 spiro atoms. The number of hydrogen-bond donors (Lipinski definition) is 0. The van der Waals surface area contributed by atoms with Crippen LogP contribution < -0.4 is 25.4 Å². The predicted octanol–water partition coefficient (Wildman–Crippen LogP) is 7.66. The lowest BCUT2D eigenvalue weighted by Crippen LogP contribution is -2.32. The van der Waals surface area contributed by atoms with Crippen LogP contribution in [0.2, 0.25) is 0 Å². The molecule has 44 heavy (non-hydrogen) atoms. The number of halogens is 2. The van der Waals surface area contributed by atoms with Crippen molar-refractivity contribution in [2.75, 3.05) is 0 Å². The first-order valence-corrected chi connectivity index (χ1v) is 15.5. The highest BCUT2D eigenvalue weighted by Crippen LogP contribution is 2.47. The van der Waals surface area contributed by atoms with Gasteiger partial charge in [0.2, 0.25) is 0 Å². The molecule has 0 fully saturated rings. The Labute approximate surface area is 253 Å². The molecule has 0 N–H and O–H groups in total. The predicted molar refractivity (Wildman–Crippen MR) is 167 cm³/mol. The van der Waals surface area contributed by atoms with Crippen molar-refractivity contribution in [2.45, 2.75) is 13.8 Å². The van der Waals surface area contributed by atoms with Gasteiger partial charge >= 0.3 is 12.0 Å². The third-order valence-corrected chi connectivity index (χ3v) is 10.4. The zero-order valence-electron chi connectivity index (χ0n) is 23.8. The molecule has 0 bridgehead atoms. The van der Waals surface area contributed by atoms with Crippen molar-refractivity contribution in [1.82, 2.24) is 15.0 Å². The first-order valence-electron chi connectivity index (χ1n) is 13.8. The highest BCUT2D eigenvalue weighted by Gasteiger charge is 2.39. The number of aryl methyl sites for hydroxylation is 2. The SMILES string of the molecule is Cc1ccccc1P(=O)(c1ccccc1C)c1c(F)ccc(-c2nc(Oc3ccccc3)nc(Oc3ccccc3)n2)c1F. The normalized spacial score (nSPS) is 11.3. The third-order valence-electron chi connectivity index (χ3n) is 7.03. The number of hydrogen-bond acceptors (Lipinski definition) is 6. The van der Waals surface area contributed by atoms with E-state index >= 15 is 13.3 Å². The van der Waals surface area contributed by atoms with Crippen molar-refractivity contribution in [1.29, 1.82) is 0 Å². The number of rotatable bonds is 8. The van der Waals surface area contributed by atoms with Gasteiger partial charge in [-0.3, -0.25) is 0 Å². The zero-order chi connectivity index (χ0) is 30.7.